The van der Waals surface area contributed by atoms with Gasteiger partial charge in [0.05, 0.1) is 16.7 Å². The smallest absolute Gasteiger partial charge is 0.262 e. The van der Waals surface area contributed by atoms with E-state index in [9.17, 15) is 9.59 Å². The normalized spacial score (nSPS) is 11.1. The molecule has 140 valence electrons. The first-order chi connectivity index (χ1) is 12.8. The number of aromatic nitrogens is 3. The minimum atomic E-state index is -0.168. The molecule has 0 bridgehead atoms. The summed E-state index contributed by atoms with van der Waals surface area (Å²) >= 11 is 7.29. The average Bonchev–Trinajstić information content (AvgIpc) is 2.89. The molecule has 3 rings (SSSR count). The van der Waals surface area contributed by atoms with Crippen LogP contribution in [-0.2, 0) is 13.6 Å². The highest BCUT2D eigenvalue weighted by Crippen LogP contribution is 2.23. The first-order valence-corrected chi connectivity index (χ1v) is 9.79. The highest BCUT2D eigenvalue weighted by molar-refractivity contribution is 7.99. The van der Waals surface area contributed by atoms with Crippen molar-refractivity contribution < 1.29 is 4.79 Å². The summed E-state index contributed by atoms with van der Waals surface area (Å²) in [5, 5.41) is 1.48. The molecule has 0 aliphatic carbocycles. The molecular weight excluding hydrogens is 382 g/mol. The fraction of sp³-hybridized carbons (Fsp3) is 0.250. The van der Waals surface area contributed by atoms with E-state index in [0.29, 0.717) is 33.2 Å². The van der Waals surface area contributed by atoms with Gasteiger partial charge in [-0.05, 0) is 38.1 Å². The minimum Gasteiger partial charge on any atom is -0.351 e. The molecule has 0 aliphatic heterocycles. The number of ketones is 1. The third kappa shape index (κ3) is 3.73. The minimum absolute atomic E-state index is 0.00629. The number of hydrogen-bond donors (Lipinski definition) is 0. The molecule has 0 amide bonds. The molecule has 0 N–H and O–H groups in total. The van der Waals surface area contributed by atoms with Crippen LogP contribution in [0.15, 0.2) is 46.9 Å². The number of halogens is 1. The van der Waals surface area contributed by atoms with Crippen molar-refractivity contribution in [2.75, 3.05) is 5.75 Å². The summed E-state index contributed by atoms with van der Waals surface area (Å²) in [7, 11) is 1.94. The Morgan fingerprint density at radius 2 is 2.07 bits per heavy atom. The maximum Gasteiger partial charge on any atom is 0.262 e. The molecule has 7 heteroatoms. The second kappa shape index (κ2) is 7.74. The van der Waals surface area contributed by atoms with Crippen molar-refractivity contribution in [2.45, 2.75) is 25.5 Å². The van der Waals surface area contributed by atoms with Gasteiger partial charge >= 0.3 is 0 Å². The number of nitrogens with zero attached hydrogens (tertiary/aromatic N) is 3. The fourth-order valence-electron chi connectivity index (χ4n) is 2.92. The highest BCUT2D eigenvalue weighted by atomic mass is 35.5. The standard InChI is InChI=1S/C20H20ClN3O2S/c1-5-8-24-19(26)15-7-6-14(21)10-17(15)22-20(24)27-11-18(25)16-9-12(2)23(4)13(16)3/h5-7,9-10H,1,8,11H2,2-4H3. The molecule has 3 aromatic rings. The molecule has 27 heavy (non-hydrogen) atoms. The van der Waals surface area contributed by atoms with Crippen LogP contribution in [0.2, 0.25) is 5.02 Å². The Bertz CT molecular complexity index is 1110. The largest absolute Gasteiger partial charge is 0.351 e. The van der Waals surface area contributed by atoms with Gasteiger partial charge in [0.25, 0.3) is 5.56 Å². The SMILES string of the molecule is C=CCn1c(SCC(=O)c2cc(C)n(C)c2C)nc2cc(Cl)ccc2c1=O. The molecule has 2 aromatic heterocycles. The Morgan fingerprint density at radius 3 is 2.70 bits per heavy atom. The maximum atomic E-state index is 12.8. The predicted molar refractivity (Wildman–Crippen MR) is 111 cm³/mol. The molecule has 0 atom stereocenters. The number of carbonyl (C=O) groups excluding carboxylic acids is 1. The molecule has 5 nitrogen and oxygen atoms in total. The van der Waals surface area contributed by atoms with Crippen molar-refractivity contribution in [1.29, 1.82) is 0 Å². The molecule has 0 fully saturated rings. The number of rotatable bonds is 6. The van der Waals surface area contributed by atoms with Crippen LogP contribution in [0.5, 0.6) is 0 Å². The van der Waals surface area contributed by atoms with Gasteiger partial charge in [-0.15, -0.1) is 6.58 Å². The van der Waals surface area contributed by atoms with E-state index in [-0.39, 0.29) is 17.1 Å². The molecule has 0 saturated carbocycles. The second-order valence-electron chi connectivity index (χ2n) is 6.32. The van der Waals surface area contributed by atoms with E-state index < -0.39 is 0 Å². The summed E-state index contributed by atoms with van der Waals surface area (Å²) in [5.41, 5.74) is 3.01. The average molecular weight is 402 g/mol. The van der Waals surface area contributed by atoms with Crippen LogP contribution in [0.3, 0.4) is 0 Å². The monoisotopic (exact) mass is 401 g/mol. The van der Waals surface area contributed by atoms with E-state index in [4.69, 9.17) is 11.6 Å². The number of fused-ring (bicyclic) bond motifs is 1. The summed E-state index contributed by atoms with van der Waals surface area (Å²) in [4.78, 5) is 30.0. The van der Waals surface area contributed by atoms with E-state index in [1.54, 1.807) is 24.3 Å². The van der Waals surface area contributed by atoms with Crippen LogP contribution in [0.4, 0.5) is 0 Å². The molecule has 2 heterocycles. The Labute approximate surface area is 166 Å². The molecule has 0 radical (unpaired) electrons. The number of allylic oxidation sites excluding steroid dienone is 1. The van der Waals surface area contributed by atoms with Gasteiger partial charge in [-0.25, -0.2) is 4.98 Å². The van der Waals surface area contributed by atoms with Crippen molar-refractivity contribution in [3.8, 4) is 0 Å². The maximum absolute atomic E-state index is 12.8. The Kier molecular flexibility index (Phi) is 5.58. The number of Topliss-reactive ketones (excluding diaryl/α,β-unsaturated/α-hetero) is 1. The Balaban J connectivity index is 1.96. The number of benzene rings is 1. The lowest BCUT2D eigenvalue weighted by Crippen LogP contribution is -2.23. The molecule has 1 aromatic carbocycles. The molecule has 0 spiro atoms. The van der Waals surface area contributed by atoms with Crippen molar-refractivity contribution in [1.82, 2.24) is 14.1 Å². The van der Waals surface area contributed by atoms with Crippen molar-refractivity contribution in [3.63, 3.8) is 0 Å². The summed E-state index contributed by atoms with van der Waals surface area (Å²) < 4.78 is 3.52. The number of hydrogen-bond acceptors (Lipinski definition) is 4. The van der Waals surface area contributed by atoms with Crippen molar-refractivity contribution >= 4 is 40.0 Å². The summed E-state index contributed by atoms with van der Waals surface area (Å²) in [5.74, 6) is 0.201. The third-order valence-electron chi connectivity index (χ3n) is 4.60. The van der Waals surface area contributed by atoms with Crippen LogP contribution in [0, 0.1) is 13.8 Å². The lowest BCUT2D eigenvalue weighted by molar-refractivity contribution is 0.102. The van der Waals surface area contributed by atoms with Gasteiger partial charge < -0.3 is 4.57 Å². The van der Waals surface area contributed by atoms with Crippen LogP contribution in [0.25, 0.3) is 10.9 Å². The number of carbonyl (C=O) groups is 1. The third-order valence-corrected chi connectivity index (χ3v) is 5.81. The van der Waals surface area contributed by atoms with Crippen LogP contribution < -0.4 is 5.56 Å². The molecule has 0 saturated heterocycles. The summed E-state index contributed by atoms with van der Waals surface area (Å²) in [6.45, 7) is 7.93. The lowest BCUT2D eigenvalue weighted by Gasteiger charge is -2.11. The zero-order chi connectivity index (χ0) is 19.7. The zero-order valence-electron chi connectivity index (χ0n) is 15.5. The quantitative estimate of drug-likeness (QED) is 0.269. The van der Waals surface area contributed by atoms with Gasteiger partial charge in [-0.2, -0.15) is 0 Å². The topological polar surface area (TPSA) is 56.9 Å². The van der Waals surface area contributed by atoms with E-state index in [1.165, 1.54) is 16.3 Å². The highest BCUT2D eigenvalue weighted by Gasteiger charge is 2.17. The van der Waals surface area contributed by atoms with Crippen LogP contribution in [0.1, 0.15) is 21.7 Å². The van der Waals surface area contributed by atoms with Gasteiger partial charge in [-0.3, -0.25) is 14.2 Å². The van der Waals surface area contributed by atoms with Crippen molar-refractivity contribution in [3.05, 3.63) is 69.2 Å². The first kappa shape index (κ1) is 19.5. The zero-order valence-corrected chi connectivity index (χ0v) is 17.0. The van der Waals surface area contributed by atoms with Gasteiger partial charge in [-0.1, -0.05) is 29.4 Å². The Morgan fingerprint density at radius 1 is 1.33 bits per heavy atom. The molecular formula is C20H20ClN3O2S. The summed E-state index contributed by atoms with van der Waals surface area (Å²) in [6.07, 6.45) is 1.64. The fourth-order valence-corrected chi connectivity index (χ4v) is 3.98. The van der Waals surface area contributed by atoms with E-state index >= 15 is 0 Å². The number of aryl methyl sites for hydroxylation is 1. The van der Waals surface area contributed by atoms with E-state index in [2.05, 4.69) is 11.6 Å². The van der Waals surface area contributed by atoms with Gasteiger partial charge in [0, 0.05) is 35.6 Å². The second-order valence-corrected chi connectivity index (χ2v) is 7.69. The molecule has 0 unspecified atom stereocenters. The van der Waals surface area contributed by atoms with Crippen molar-refractivity contribution in [2.24, 2.45) is 7.05 Å². The predicted octanol–water partition coefficient (Wildman–Crippen LogP) is 4.17. The first-order valence-electron chi connectivity index (χ1n) is 8.43. The lowest BCUT2D eigenvalue weighted by atomic mass is 10.2. The summed E-state index contributed by atoms with van der Waals surface area (Å²) in [6, 6.07) is 6.89. The van der Waals surface area contributed by atoms with E-state index in [1.807, 2.05) is 31.5 Å². The molecule has 0 aliphatic rings. The van der Waals surface area contributed by atoms with Crippen LogP contribution in [-0.4, -0.2) is 25.7 Å². The Hall–Kier alpha value is -2.31. The number of thioether (sulfide) groups is 1. The van der Waals surface area contributed by atoms with Gasteiger partial charge in [0.2, 0.25) is 0 Å². The van der Waals surface area contributed by atoms with Gasteiger partial charge in [0.15, 0.2) is 10.9 Å². The van der Waals surface area contributed by atoms with Crippen LogP contribution >= 0.6 is 23.4 Å². The van der Waals surface area contributed by atoms with E-state index in [0.717, 1.165) is 11.4 Å². The van der Waals surface area contributed by atoms with Gasteiger partial charge in [0.1, 0.15) is 0 Å².